The summed E-state index contributed by atoms with van der Waals surface area (Å²) < 4.78 is 0. The summed E-state index contributed by atoms with van der Waals surface area (Å²) in [5.41, 5.74) is 1.42. The zero-order valence-corrected chi connectivity index (χ0v) is 6.96. The molecule has 1 aliphatic rings. The molecule has 1 rings (SSSR count). The van der Waals surface area contributed by atoms with Crippen LogP contribution in [0.5, 0.6) is 0 Å². The monoisotopic (exact) mass is 140 g/mol. The first-order valence-corrected chi connectivity index (χ1v) is 3.96. The molecule has 3 atom stereocenters. The highest BCUT2D eigenvalue weighted by atomic mass is 16.3. The molecular formula is C9H16O. The highest BCUT2D eigenvalue weighted by Gasteiger charge is 2.23. The molecule has 0 aliphatic heterocycles. The van der Waals surface area contributed by atoms with E-state index in [-0.39, 0.29) is 6.10 Å². The largest absolute Gasteiger partial charge is 0.392 e. The molecule has 10 heavy (non-hydrogen) atoms. The van der Waals surface area contributed by atoms with E-state index in [0.29, 0.717) is 11.8 Å². The molecular weight excluding hydrogens is 124 g/mol. The molecule has 0 saturated carbocycles. The minimum Gasteiger partial charge on any atom is -0.392 e. The highest BCUT2D eigenvalue weighted by Crippen LogP contribution is 2.27. The Morgan fingerprint density at radius 2 is 2.10 bits per heavy atom. The second-order valence-corrected chi connectivity index (χ2v) is 3.54. The number of aliphatic hydroxyl groups is 1. The van der Waals surface area contributed by atoms with Crippen LogP contribution in [0.15, 0.2) is 11.6 Å². The Labute approximate surface area is 62.8 Å². The summed E-state index contributed by atoms with van der Waals surface area (Å²) >= 11 is 0. The standard InChI is InChI=1S/C9H16O/c1-6-4-7(2)9(10)8(3)5-6/h4,7-10H,5H2,1-3H3/t7?,8-,9?/m1/s1. The van der Waals surface area contributed by atoms with Gasteiger partial charge >= 0.3 is 0 Å². The van der Waals surface area contributed by atoms with Gasteiger partial charge in [0.05, 0.1) is 6.10 Å². The third-order valence-electron chi connectivity index (χ3n) is 2.31. The normalized spacial score (nSPS) is 41.2. The maximum Gasteiger partial charge on any atom is 0.0628 e. The first kappa shape index (κ1) is 7.80. The van der Waals surface area contributed by atoms with Gasteiger partial charge in [-0.3, -0.25) is 0 Å². The van der Waals surface area contributed by atoms with Crippen molar-refractivity contribution in [3.63, 3.8) is 0 Å². The molecule has 0 aromatic heterocycles. The summed E-state index contributed by atoms with van der Waals surface area (Å²) in [4.78, 5) is 0. The van der Waals surface area contributed by atoms with Crippen LogP contribution in [0.4, 0.5) is 0 Å². The molecule has 0 saturated heterocycles. The second-order valence-electron chi connectivity index (χ2n) is 3.54. The maximum absolute atomic E-state index is 9.52. The molecule has 0 aromatic carbocycles. The second kappa shape index (κ2) is 2.75. The molecule has 0 aromatic rings. The van der Waals surface area contributed by atoms with Crippen LogP contribution in [0.2, 0.25) is 0 Å². The van der Waals surface area contributed by atoms with Crippen molar-refractivity contribution in [2.45, 2.75) is 33.3 Å². The smallest absolute Gasteiger partial charge is 0.0628 e. The Balaban J connectivity index is 2.69. The summed E-state index contributed by atoms with van der Waals surface area (Å²) in [6.45, 7) is 6.32. The minimum atomic E-state index is -0.122. The van der Waals surface area contributed by atoms with Gasteiger partial charge in [-0.25, -0.2) is 0 Å². The van der Waals surface area contributed by atoms with Gasteiger partial charge in [0, 0.05) is 5.92 Å². The van der Waals surface area contributed by atoms with Crippen molar-refractivity contribution in [1.82, 2.24) is 0 Å². The van der Waals surface area contributed by atoms with E-state index < -0.39 is 0 Å². The summed E-state index contributed by atoms with van der Waals surface area (Å²) in [5.74, 6) is 0.795. The van der Waals surface area contributed by atoms with Crippen molar-refractivity contribution in [1.29, 1.82) is 0 Å². The first-order valence-electron chi connectivity index (χ1n) is 3.96. The molecule has 0 bridgehead atoms. The Morgan fingerprint density at radius 1 is 1.50 bits per heavy atom. The van der Waals surface area contributed by atoms with E-state index in [2.05, 4.69) is 26.8 Å². The van der Waals surface area contributed by atoms with Gasteiger partial charge in [0.2, 0.25) is 0 Å². The van der Waals surface area contributed by atoms with Gasteiger partial charge < -0.3 is 5.11 Å². The summed E-state index contributed by atoms with van der Waals surface area (Å²) in [6.07, 6.45) is 3.11. The van der Waals surface area contributed by atoms with Crippen LogP contribution < -0.4 is 0 Å². The minimum absolute atomic E-state index is 0.122. The topological polar surface area (TPSA) is 20.2 Å². The number of aliphatic hydroxyl groups excluding tert-OH is 1. The third kappa shape index (κ3) is 1.40. The predicted molar refractivity (Wildman–Crippen MR) is 42.7 cm³/mol. The SMILES string of the molecule is CC1=CC(C)C(O)[C@H](C)C1. The average Bonchev–Trinajstić information content (AvgIpc) is 1.82. The fraction of sp³-hybridized carbons (Fsp3) is 0.778. The van der Waals surface area contributed by atoms with E-state index in [4.69, 9.17) is 0 Å². The van der Waals surface area contributed by atoms with Crippen LogP contribution in [0.3, 0.4) is 0 Å². The van der Waals surface area contributed by atoms with E-state index in [1.807, 2.05) is 0 Å². The zero-order valence-electron chi connectivity index (χ0n) is 6.96. The van der Waals surface area contributed by atoms with E-state index in [1.54, 1.807) is 0 Å². The zero-order chi connectivity index (χ0) is 7.72. The van der Waals surface area contributed by atoms with Gasteiger partial charge in [-0.05, 0) is 19.3 Å². The molecule has 1 heteroatoms. The van der Waals surface area contributed by atoms with E-state index in [9.17, 15) is 5.11 Å². The van der Waals surface area contributed by atoms with Crippen LogP contribution in [0.25, 0.3) is 0 Å². The van der Waals surface area contributed by atoms with Crippen molar-refractivity contribution in [2.24, 2.45) is 11.8 Å². The fourth-order valence-corrected chi connectivity index (χ4v) is 1.76. The van der Waals surface area contributed by atoms with Gasteiger partial charge in [-0.15, -0.1) is 0 Å². The van der Waals surface area contributed by atoms with Crippen molar-refractivity contribution >= 4 is 0 Å². The lowest BCUT2D eigenvalue weighted by molar-refractivity contribution is 0.0755. The number of rotatable bonds is 0. The summed E-state index contributed by atoms with van der Waals surface area (Å²) in [7, 11) is 0. The van der Waals surface area contributed by atoms with Crippen molar-refractivity contribution < 1.29 is 5.11 Å². The van der Waals surface area contributed by atoms with Gasteiger partial charge in [0.15, 0.2) is 0 Å². The Kier molecular flexibility index (Phi) is 2.14. The Bertz CT molecular complexity index is 149. The van der Waals surface area contributed by atoms with E-state index >= 15 is 0 Å². The molecule has 1 aliphatic carbocycles. The van der Waals surface area contributed by atoms with Crippen molar-refractivity contribution in [3.05, 3.63) is 11.6 Å². The van der Waals surface area contributed by atoms with Gasteiger partial charge in [-0.1, -0.05) is 25.5 Å². The van der Waals surface area contributed by atoms with Gasteiger partial charge in [0.1, 0.15) is 0 Å². The Hall–Kier alpha value is -0.300. The van der Waals surface area contributed by atoms with E-state index in [0.717, 1.165) is 6.42 Å². The number of allylic oxidation sites excluding steroid dienone is 1. The first-order chi connectivity index (χ1) is 4.61. The van der Waals surface area contributed by atoms with Crippen molar-refractivity contribution in [2.75, 3.05) is 0 Å². The molecule has 58 valence electrons. The molecule has 0 spiro atoms. The van der Waals surface area contributed by atoms with Crippen LogP contribution in [-0.2, 0) is 0 Å². The van der Waals surface area contributed by atoms with Crippen LogP contribution in [0, 0.1) is 11.8 Å². The molecule has 0 radical (unpaired) electrons. The quantitative estimate of drug-likeness (QED) is 0.510. The third-order valence-corrected chi connectivity index (χ3v) is 2.31. The van der Waals surface area contributed by atoms with E-state index in [1.165, 1.54) is 5.57 Å². The number of hydrogen-bond donors (Lipinski definition) is 1. The van der Waals surface area contributed by atoms with Gasteiger partial charge in [0.25, 0.3) is 0 Å². The number of hydrogen-bond acceptors (Lipinski definition) is 1. The molecule has 0 amide bonds. The molecule has 2 unspecified atom stereocenters. The van der Waals surface area contributed by atoms with Crippen LogP contribution >= 0.6 is 0 Å². The molecule has 0 fully saturated rings. The average molecular weight is 140 g/mol. The lowest BCUT2D eigenvalue weighted by Gasteiger charge is -2.28. The highest BCUT2D eigenvalue weighted by molar-refractivity contribution is 5.08. The summed E-state index contributed by atoms with van der Waals surface area (Å²) in [6, 6.07) is 0. The Morgan fingerprint density at radius 3 is 2.60 bits per heavy atom. The maximum atomic E-state index is 9.52. The van der Waals surface area contributed by atoms with Crippen LogP contribution in [0.1, 0.15) is 27.2 Å². The van der Waals surface area contributed by atoms with Crippen LogP contribution in [-0.4, -0.2) is 11.2 Å². The fourth-order valence-electron chi connectivity index (χ4n) is 1.76. The molecule has 0 heterocycles. The van der Waals surface area contributed by atoms with Crippen molar-refractivity contribution in [3.8, 4) is 0 Å². The van der Waals surface area contributed by atoms with Gasteiger partial charge in [-0.2, -0.15) is 0 Å². The molecule has 1 N–H and O–H groups in total. The lowest BCUT2D eigenvalue weighted by atomic mass is 9.82. The predicted octanol–water partition coefficient (Wildman–Crippen LogP) is 1.97. The summed E-state index contributed by atoms with van der Waals surface area (Å²) in [5, 5.41) is 9.52. The lowest BCUT2D eigenvalue weighted by Crippen LogP contribution is -2.28. The molecule has 1 nitrogen and oxygen atoms in total.